The zero-order valence-electron chi connectivity index (χ0n) is 13.5. The Bertz CT molecular complexity index is 264. The van der Waals surface area contributed by atoms with Crippen molar-refractivity contribution in [1.29, 1.82) is 0 Å². The fraction of sp³-hybridized carbons (Fsp3) is 1.00. The van der Waals surface area contributed by atoms with Crippen LogP contribution in [-0.4, -0.2) is 36.6 Å². The third-order valence-corrected chi connectivity index (χ3v) is 5.42. The standard InChI is InChI=1S/C17H34N2/c1-5-18-16-9-8-15(13(2)3)11-17(16)19-10-6-7-14(4)12-19/h13-18H,5-12H2,1-4H3. The van der Waals surface area contributed by atoms with Gasteiger partial charge in [0.15, 0.2) is 0 Å². The van der Waals surface area contributed by atoms with Gasteiger partial charge in [0.25, 0.3) is 0 Å². The van der Waals surface area contributed by atoms with Crippen LogP contribution in [0.15, 0.2) is 0 Å². The van der Waals surface area contributed by atoms with Crippen molar-refractivity contribution in [2.45, 2.75) is 71.9 Å². The lowest BCUT2D eigenvalue weighted by molar-refractivity contribution is 0.0534. The molecule has 0 spiro atoms. The van der Waals surface area contributed by atoms with E-state index >= 15 is 0 Å². The van der Waals surface area contributed by atoms with Gasteiger partial charge in [-0.05, 0) is 62.9 Å². The first-order valence-electron chi connectivity index (χ1n) is 8.59. The molecule has 2 nitrogen and oxygen atoms in total. The van der Waals surface area contributed by atoms with E-state index in [9.17, 15) is 0 Å². The summed E-state index contributed by atoms with van der Waals surface area (Å²) in [6, 6.07) is 1.54. The maximum absolute atomic E-state index is 3.76. The maximum Gasteiger partial charge on any atom is 0.0252 e. The van der Waals surface area contributed by atoms with Crippen molar-refractivity contribution in [1.82, 2.24) is 10.2 Å². The van der Waals surface area contributed by atoms with E-state index in [2.05, 4.69) is 37.9 Å². The summed E-state index contributed by atoms with van der Waals surface area (Å²) in [5.74, 6) is 2.69. The maximum atomic E-state index is 3.76. The second kappa shape index (κ2) is 7.08. The molecule has 0 amide bonds. The summed E-state index contributed by atoms with van der Waals surface area (Å²) in [7, 11) is 0. The van der Waals surface area contributed by atoms with E-state index in [4.69, 9.17) is 0 Å². The molecule has 112 valence electrons. The third kappa shape index (κ3) is 3.95. The summed E-state index contributed by atoms with van der Waals surface area (Å²) >= 11 is 0. The lowest BCUT2D eigenvalue weighted by Gasteiger charge is -2.46. The summed E-state index contributed by atoms with van der Waals surface area (Å²) in [6.07, 6.45) is 7.06. The van der Waals surface area contributed by atoms with Crippen LogP contribution in [0.1, 0.15) is 59.8 Å². The number of likely N-dealkylation sites (tertiary alicyclic amines) is 1. The van der Waals surface area contributed by atoms with Crippen LogP contribution in [0.4, 0.5) is 0 Å². The largest absolute Gasteiger partial charge is 0.313 e. The Morgan fingerprint density at radius 3 is 2.63 bits per heavy atom. The minimum Gasteiger partial charge on any atom is -0.313 e. The Morgan fingerprint density at radius 1 is 1.21 bits per heavy atom. The molecule has 1 N–H and O–H groups in total. The molecule has 0 aromatic rings. The Morgan fingerprint density at radius 2 is 2.00 bits per heavy atom. The molecule has 1 saturated carbocycles. The van der Waals surface area contributed by atoms with Crippen molar-refractivity contribution >= 4 is 0 Å². The molecule has 2 aliphatic rings. The Hall–Kier alpha value is -0.0800. The van der Waals surface area contributed by atoms with Crippen molar-refractivity contribution in [2.24, 2.45) is 17.8 Å². The highest BCUT2D eigenvalue weighted by molar-refractivity contribution is 4.93. The fourth-order valence-electron chi connectivity index (χ4n) is 4.21. The van der Waals surface area contributed by atoms with Crippen molar-refractivity contribution in [3.63, 3.8) is 0 Å². The van der Waals surface area contributed by atoms with E-state index in [-0.39, 0.29) is 0 Å². The quantitative estimate of drug-likeness (QED) is 0.837. The van der Waals surface area contributed by atoms with E-state index in [0.29, 0.717) is 0 Å². The number of hydrogen-bond donors (Lipinski definition) is 1. The van der Waals surface area contributed by atoms with E-state index in [1.807, 2.05) is 0 Å². The lowest BCUT2D eigenvalue weighted by atomic mass is 9.75. The molecular weight excluding hydrogens is 232 g/mol. The summed E-state index contributed by atoms with van der Waals surface area (Å²) < 4.78 is 0. The van der Waals surface area contributed by atoms with E-state index in [1.165, 1.54) is 45.2 Å². The molecule has 1 saturated heterocycles. The average Bonchev–Trinajstić information content (AvgIpc) is 2.39. The van der Waals surface area contributed by atoms with Gasteiger partial charge in [0.1, 0.15) is 0 Å². The molecule has 2 fully saturated rings. The van der Waals surface area contributed by atoms with Crippen LogP contribution in [0.25, 0.3) is 0 Å². The van der Waals surface area contributed by atoms with Crippen LogP contribution in [0, 0.1) is 17.8 Å². The monoisotopic (exact) mass is 266 g/mol. The van der Waals surface area contributed by atoms with E-state index < -0.39 is 0 Å². The van der Waals surface area contributed by atoms with Gasteiger partial charge in [-0.15, -0.1) is 0 Å². The molecule has 0 radical (unpaired) electrons. The first-order valence-corrected chi connectivity index (χ1v) is 8.59. The van der Waals surface area contributed by atoms with Gasteiger partial charge >= 0.3 is 0 Å². The molecule has 1 aliphatic carbocycles. The molecule has 19 heavy (non-hydrogen) atoms. The second-order valence-electron chi connectivity index (χ2n) is 7.29. The predicted molar refractivity (Wildman–Crippen MR) is 83.4 cm³/mol. The Labute approximate surface area is 120 Å². The molecule has 2 heteroatoms. The number of rotatable bonds is 4. The molecule has 2 rings (SSSR count). The molecule has 4 unspecified atom stereocenters. The molecule has 4 atom stereocenters. The fourth-order valence-corrected chi connectivity index (χ4v) is 4.21. The van der Waals surface area contributed by atoms with Crippen LogP contribution in [0.2, 0.25) is 0 Å². The van der Waals surface area contributed by atoms with Gasteiger partial charge in [0, 0.05) is 18.6 Å². The molecule has 0 bridgehead atoms. The molecular formula is C17H34N2. The summed E-state index contributed by atoms with van der Waals surface area (Å²) in [4.78, 5) is 2.82. The highest BCUT2D eigenvalue weighted by Gasteiger charge is 2.36. The van der Waals surface area contributed by atoms with Crippen molar-refractivity contribution < 1.29 is 0 Å². The van der Waals surface area contributed by atoms with Gasteiger partial charge in [0.05, 0.1) is 0 Å². The topological polar surface area (TPSA) is 15.3 Å². The number of piperidine rings is 1. The number of hydrogen-bond acceptors (Lipinski definition) is 2. The van der Waals surface area contributed by atoms with Crippen LogP contribution >= 0.6 is 0 Å². The van der Waals surface area contributed by atoms with Crippen LogP contribution in [0.5, 0.6) is 0 Å². The molecule has 0 aromatic carbocycles. The zero-order chi connectivity index (χ0) is 13.8. The van der Waals surface area contributed by atoms with Gasteiger partial charge in [-0.3, -0.25) is 4.90 Å². The van der Waals surface area contributed by atoms with Crippen molar-refractivity contribution in [3.05, 3.63) is 0 Å². The van der Waals surface area contributed by atoms with E-state index in [0.717, 1.165) is 36.4 Å². The first-order chi connectivity index (χ1) is 9.11. The van der Waals surface area contributed by atoms with Gasteiger partial charge < -0.3 is 5.32 Å². The predicted octanol–water partition coefficient (Wildman–Crippen LogP) is 3.52. The molecule has 0 aromatic heterocycles. The van der Waals surface area contributed by atoms with E-state index in [1.54, 1.807) is 0 Å². The summed E-state index contributed by atoms with van der Waals surface area (Å²) in [6.45, 7) is 13.3. The van der Waals surface area contributed by atoms with Gasteiger partial charge in [-0.1, -0.05) is 27.7 Å². The van der Waals surface area contributed by atoms with Crippen LogP contribution < -0.4 is 5.32 Å². The van der Waals surface area contributed by atoms with Crippen molar-refractivity contribution in [3.8, 4) is 0 Å². The SMILES string of the molecule is CCNC1CCC(C(C)C)CC1N1CCCC(C)C1. The third-order valence-electron chi connectivity index (χ3n) is 5.42. The smallest absolute Gasteiger partial charge is 0.0252 e. The van der Waals surface area contributed by atoms with Gasteiger partial charge in [0.2, 0.25) is 0 Å². The average molecular weight is 266 g/mol. The molecule has 1 heterocycles. The Balaban J connectivity index is 2.01. The number of nitrogens with zero attached hydrogens (tertiary/aromatic N) is 1. The normalized spacial score (nSPS) is 37.7. The molecule has 1 aliphatic heterocycles. The minimum absolute atomic E-state index is 0.741. The van der Waals surface area contributed by atoms with Gasteiger partial charge in [-0.2, -0.15) is 0 Å². The lowest BCUT2D eigenvalue weighted by Crippen LogP contribution is -2.55. The van der Waals surface area contributed by atoms with Crippen LogP contribution in [-0.2, 0) is 0 Å². The summed E-state index contributed by atoms with van der Waals surface area (Å²) in [5, 5.41) is 3.76. The van der Waals surface area contributed by atoms with Crippen molar-refractivity contribution in [2.75, 3.05) is 19.6 Å². The highest BCUT2D eigenvalue weighted by atomic mass is 15.2. The second-order valence-corrected chi connectivity index (χ2v) is 7.29. The summed E-state index contributed by atoms with van der Waals surface area (Å²) in [5.41, 5.74) is 0. The van der Waals surface area contributed by atoms with Gasteiger partial charge in [-0.25, -0.2) is 0 Å². The minimum atomic E-state index is 0.741. The zero-order valence-corrected chi connectivity index (χ0v) is 13.5. The first kappa shape index (κ1) is 15.3. The highest BCUT2D eigenvalue weighted by Crippen LogP contribution is 2.34. The Kier molecular flexibility index (Phi) is 5.70. The van der Waals surface area contributed by atoms with Crippen LogP contribution in [0.3, 0.4) is 0 Å². The number of nitrogens with one attached hydrogen (secondary N) is 1. The number of likely N-dealkylation sites (N-methyl/N-ethyl adjacent to an activating group) is 1.